The predicted octanol–water partition coefficient (Wildman–Crippen LogP) is 5.11. The lowest BCUT2D eigenvalue weighted by molar-refractivity contribution is -0.00721. The van der Waals surface area contributed by atoms with Crippen LogP contribution in [0.4, 0.5) is 5.69 Å². The zero-order valence-electron chi connectivity index (χ0n) is 15.4. The highest BCUT2D eigenvalue weighted by atomic mass is 16.1. The fourth-order valence-corrected chi connectivity index (χ4v) is 6.13. The first-order chi connectivity index (χ1) is 12.6. The molecule has 0 radical (unpaired) electrons. The number of amides is 1. The molecule has 3 heteroatoms. The molecule has 1 amide bonds. The van der Waals surface area contributed by atoms with E-state index >= 15 is 0 Å². The summed E-state index contributed by atoms with van der Waals surface area (Å²) in [6.07, 6.45) is 9.92. The number of hydrogen-bond donors (Lipinski definition) is 1. The van der Waals surface area contributed by atoms with E-state index in [1.165, 1.54) is 44.1 Å². The van der Waals surface area contributed by atoms with Gasteiger partial charge >= 0.3 is 0 Å². The van der Waals surface area contributed by atoms with Gasteiger partial charge in [-0.2, -0.15) is 0 Å². The molecule has 4 aliphatic carbocycles. The average molecular weight is 346 g/mol. The number of rotatable bonds is 3. The molecule has 0 saturated heterocycles. The molecule has 0 atom stereocenters. The number of nitrogens with zero attached hydrogens (tertiary/aromatic N) is 1. The van der Waals surface area contributed by atoms with Crippen molar-refractivity contribution in [2.24, 2.45) is 17.8 Å². The molecule has 4 aliphatic rings. The smallest absolute Gasteiger partial charge is 0.255 e. The van der Waals surface area contributed by atoms with Crippen molar-refractivity contribution in [1.82, 2.24) is 4.98 Å². The second kappa shape index (κ2) is 5.94. The highest BCUT2D eigenvalue weighted by molar-refractivity contribution is 6.04. The van der Waals surface area contributed by atoms with Crippen molar-refractivity contribution >= 4 is 11.6 Å². The van der Waals surface area contributed by atoms with E-state index in [1.54, 1.807) is 0 Å². The van der Waals surface area contributed by atoms with Crippen LogP contribution >= 0.6 is 0 Å². The molecule has 4 fully saturated rings. The SMILES string of the molecule is Cc1ccc(NC(=O)c2ccnc(C34CC5CC(CC(C5)C3)C4)c2)cc1. The maximum absolute atomic E-state index is 12.7. The minimum Gasteiger partial charge on any atom is -0.322 e. The van der Waals surface area contributed by atoms with Crippen LogP contribution in [-0.2, 0) is 5.41 Å². The Kier molecular flexibility index (Phi) is 3.66. The normalized spacial score (nSPS) is 31.8. The molecular formula is C23H26N2O. The van der Waals surface area contributed by atoms with Crippen LogP contribution in [-0.4, -0.2) is 10.9 Å². The van der Waals surface area contributed by atoms with Gasteiger partial charge in [-0.05, 0) is 87.5 Å². The average Bonchev–Trinajstić information content (AvgIpc) is 2.63. The van der Waals surface area contributed by atoms with E-state index in [0.717, 1.165) is 34.7 Å². The molecule has 26 heavy (non-hydrogen) atoms. The number of aromatic nitrogens is 1. The third-order valence-corrected chi connectivity index (χ3v) is 6.91. The summed E-state index contributed by atoms with van der Waals surface area (Å²) < 4.78 is 0. The van der Waals surface area contributed by atoms with Gasteiger partial charge in [0, 0.05) is 28.6 Å². The summed E-state index contributed by atoms with van der Waals surface area (Å²) in [7, 11) is 0. The highest BCUT2D eigenvalue weighted by Gasteiger charge is 2.52. The topological polar surface area (TPSA) is 42.0 Å². The number of anilines is 1. The zero-order valence-corrected chi connectivity index (χ0v) is 15.4. The number of aryl methyl sites for hydroxylation is 1. The van der Waals surface area contributed by atoms with Crippen molar-refractivity contribution in [3.05, 3.63) is 59.4 Å². The Bertz CT molecular complexity index is 804. The maximum atomic E-state index is 12.7. The van der Waals surface area contributed by atoms with E-state index in [2.05, 4.69) is 11.4 Å². The monoisotopic (exact) mass is 346 g/mol. The zero-order chi connectivity index (χ0) is 17.7. The molecule has 0 aliphatic heterocycles. The molecular weight excluding hydrogens is 320 g/mol. The lowest BCUT2D eigenvalue weighted by atomic mass is 9.48. The number of nitrogens with one attached hydrogen (secondary N) is 1. The van der Waals surface area contributed by atoms with E-state index in [0.29, 0.717) is 0 Å². The molecule has 4 bridgehead atoms. The maximum Gasteiger partial charge on any atom is 0.255 e. The number of carbonyl (C=O) groups is 1. The van der Waals surface area contributed by atoms with Crippen molar-refractivity contribution in [1.29, 1.82) is 0 Å². The summed E-state index contributed by atoms with van der Waals surface area (Å²) in [5.74, 6) is 2.61. The van der Waals surface area contributed by atoms with Gasteiger partial charge in [-0.15, -0.1) is 0 Å². The second-order valence-corrected chi connectivity index (χ2v) is 8.95. The Morgan fingerprint density at radius 2 is 1.62 bits per heavy atom. The molecule has 6 rings (SSSR count). The van der Waals surface area contributed by atoms with Crippen LogP contribution in [0.25, 0.3) is 0 Å². The van der Waals surface area contributed by atoms with Crippen LogP contribution in [0.3, 0.4) is 0 Å². The van der Waals surface area contributed by atoms with Gasteiger partial charge in [0.05, 0.1) is 0 Å². The molecule has 1 aromatic carbocycles. The minimum atomic E-state index is -0.0396. The van der Waals surface area contributed by atoms with E-state index in [1.807, 2.05) is 43.5 Å². The standard InChI is InChI=1S/C23H26N2O/c1-15-2-4-20(5-3-15)25-22(26)19-6-7-24-21(11-19)23-12-16-8-17(13-23)10-18(9-16)14-23/h2-7,11,16-18H,8-10,12-14H2,1H3,(H,25,26). The number of hydrogen-bond acceptors (Lipinski definition) is 2. The van der Waals surface area contributed by atoms with Gasteiger partial charge < -0.3 is 5.32 Å². The van der Waals surface area contributed by atoms with Gasteiger partial charge in [-0.3, -0.25) is 9.78 Å². The number of pyridine rings is 1. The first kappa shape index (κ1) is 16.0. The van der Waals surface area contributed by atoms with Crippen LogP contribution in [0.1, 0.15) is 60.1 Å². The van der Waals surface area contributed by atoms with E-state index < -0.39 is 0 Å². The molecule has 0 unspecified atom stereocenters. The summed E-state index contributed by atoms with van der Waals surface area (Å²) in [6, 6.07) is 11.8. The Balaban J connectivity index is 1.40. The molecule has 4 saturated carbocycles. The quantitative estimate of drug-likeness (QED) is 0.839. The third-order valence-electron chi connectivity index (χ3n) is 6.91. The predicted molar refractivity (Wildman–Crippen MR) is 103 cm³/mol. The van der Waals surface area contributed by atoms with Gasteiger partial charge in [0.25, 0.3) is 5.91 Å². The molecule has 1 aromatic heterocycles. The van der Waals surface area contributed by atoms with E-state index in [9.17, 15) is 4.79 Å². The summed E-state index contributed by atoms with van der Waals surface area (Å²) >= 11 is 0. The lowest BCUT2D eigenvalue weighted by Gasteiger charge is -2.56. The van der Waals surface area contributed by atoms with E-state index in [-0.39, 0.29) is 11.3 Å². The first-order valence-corrected chi connectivity index (χ1v) is 9.94. The van der Waals surface area contributed by atoms with Crippen LogP contribution in [0, 0.1) is 24.7 Å². The summed E-state index contributed by atoms with van der Waals surface area (Å²) in [4.78, 5) is 17.5. The second-order valence-electron chi connectivity index (χ2n) is 8.95. The lowest BCUT2D eigenvalue weighted by Crippen LogP contribution is -2.49. The van der Waals surface area contributed by atoms with Crippen molar-refractivity contribution in [3.63, 3.8) is 0 Å². The van der Waals surface area contributed by atoms with Crippen molar-refractivity contribution in [2.45, 2.75) is 50.9 Å². The fourth-order valence-electron chi connectivity index (χ4n) is 6.13. The largest absolute Gasteiger partial charge is 0.322 e. The first-order valence-electron chi connectivity index (χ1n) is 9.94. The Morgan fingerprint density at radius 1 is 1.00 bits per heavy atom. The Hall–Kier alpha value is -2.16. The number of benzene rings is 1. The molecule has 1 heterocycles. The fraction of sp³-hybridized carbons (Fsp3) is 0.478. The van der Waals surface area contributed by atoms with Crippen molar-refractivity contribution in [2.75, 3.05) is 5.32 Å². The van der Waals surface area contributed by atoms with Crippen LogP contribution in [0.2, 0.25) is 0 Å². The Morgan fingerprint density at radius 3 is 2.23 bits per heavy atom. The highest BCUT2D eigenvalue weighted by Crippen LogP contribution is 2.60. The molecule has 1 N–H and O–H groups in total. The molecule has 3 nitrogen and oxygen atoms in total. The molecule has 134 valence electrons. The molecule has 0 spiro atoms. The van der Waals surface area contributed by atoms with Crippen LogP contribution in [0.5, 0.6) is 0 Å². The van der Waals surface area contributed by atoms with Gasteiger partial charge in [-0.25, -0.2) is 0 Å². The van der Waals surface area contributed by atoms with Crippen LogP contribution < -0.4 is 5.32 Å². The summed E-state index contributed by atoms with van der Waals surface area (Å²) in [6.45, 7) is 2.05. The van der Waals surface area contributed by atoms with Gasteiger partial charge in [0.1, 0.15) is 0 Å². The number of carbonyl (C=O) groups excluding carboxylic acids is 1. The van der Waals surface area contributed by atoms with Gasteiger partial charge in [0.15, 0.2) is 0 Å². The van der Waals surface area contributed by atoms with Gasteiger partial charge in [-0.1, -0.05) is 17.7 Å². The van der Waals surface area contributed by atoms with E-state index in [4.69, 9.17) is 4.98 Å². The Labute approximate surface area is 155 Å². The summed E-state index contributed by atoms with van der Waals surface area (Å²) in [5.41, 5.74) is 4.15. The van der Waals surface area contributed by atoms with Crippen molar-refractivity contribution in [3.8, 4) is 0 Å². The summed E-state index contributed by atoms with van der Waals surface area (Å²) in [5, 5.41) is 3.02. The minimum absolute atomic E-state index is 0.0396. The van der Waals surface area contributed by atoms with Crippen LogP contribution in [0.15, 0.2) is 42.6 Å². The van der Waals surface area contributed by atoms with Gasteiger partial charge in [0.2, 0.25) is 0 Å². The third kappa shape index (κ3) is 2.74. The van der Waals surface area contributed by atoms with Crippen molar-refractivity contribution < 1.29 is 4.79 Å². The molecule has 2 aromatic rings.